The Morgan fingerprint density at radius 2 is 1.57 bits per heavy atom. The summed E-state index contributed by atoms with van der Waals surface area (Å²) in [6.45, 7) is 0. The monoisotopic (exact) mass is 161 g/mol. The van der Waals surface area contributed by atoms with E-state index in [1.54, 1.807) is 0 Å². The van der Waals surface area contributed by atoms with Gasteiger partial charge in [0.1, 0.15) is 0 Å². The van der Waals surface area contributed by atoms with E-state index in [1.807, 2.05) is 0 Å². The van der Waals surface area contributed by atoms with Crippen molar-refractivity contribution in [3.63, 3.8) is 0 Å². The molecule has 0 spiro atoms. The third kappa shape index (κ3) is 2.97. The van der Waals surface area contributed by atoms with Crippen molar-refractivity contribution in [2.24, 2.45) is 0 Å². The van der Waals surface area contributed by atoms with Gasteiger partial charge in [0.25, 0.3) is 3.79 Å². The summed E-state index contributed by atoms with van der Waals surface area (Å²) < 4.78 is -1.94. The molecule has 0 aliphatic rings. The van der Waals surface area contributed by atoms with E-state index in [9.17, 15) is 0 Å². The molecule has 0 bridgehead atoms. The maximum Gasteiger partial charge on any atom is 0.273 e. The van der Waals surface area contributed by atoms with Gasteiger partial charge in [-0.3, -0.25) is 0 Å². The molecule has 0 heterocycles. The van der Waals surface area contributed by atoms with Gasteiger partial charge in [-0.2, -0.15) is 0 Å². The Morgan fingerprint density at radius 3 is 1.57 bits per heavy atom. The Balaban J connectivity index is 3.79. The van der Waals surface area contributed by atoms with Crippen LogP contribution in [0.4, 0.5) is 0 Å². The van der Waals surface area contributed by atoms with Gasteiger partial charge in [0.15, 0.2) is 5.90 Å². The smallest absolute Gasteiger partial charge is 0.273 e. The van der Waals surface area contributed by atoms with Gasteiger partial charge >= 0.3 is 0 Å². The molecule has 0 saturated heterocycles. The summed E-state index contributed by atoms with van der Waals surface area (Å²) in [6, 6.07) is 0. The molecule has 2 nitrogen and oxygen atoms in total. The summed E-state index contributed by atoms with van der Waals surface area (Å²) in [5, 5.41) is 14.4. The van der Waals surface area contributed by atoms with Crippen molar-refractivity contribution >= 4 is 40.7 Å². The van der Waals surface area contributed by atoms with Gasteiger partial charge in [-0.1, -0.05) is 34.8 Å². The molecule has 2 N–H and O–H groups in total. The first kappa shape index (κ1) is 7.34. The lowest BCUT2D eigenvalue weighted by Gasteiger charge is -2.07. The standard InChI is InChI=1S/C2HCl3NO/c3-2(4,5)1(6)7/h(H-,6,7)/q-1/p+1. The second-order valence-corrected chi connectivity index (χ2v) is 3.13. The average molecular weight is 162 g/mol. The van der Waals surface area contributed by atoms with Crippen LogP contribution in [0.1, 0.15) is 0 Å². The van der Waals surface area contributed by atoms with Crippen molar-refractivity contribution in [2.75, 3.05) is 0 Å². The van der Waals surface area contributed by atoms with Gasteiger partial charge in [0, 0.05) is 0 Å². The van der Waals surface area contributed by atoms with Crippen molar-refractivity contribution in [3.8, 4) is 0 Å². The van der Waals surface area contributed by atoms with Gasteiger partial charge in [0.2, 0.25) is 0 Å². The van der Waals surface area contributed by atoms with E-state index < -0.39 is 9.69 Å². The molecule has 0 fully saturated rings. The lowest BCUT2D eigenvalue weighted by Crippen LogP contribution is -2.15. The Kier molecular flexibility index (Phi) is 2.17. The molecule has 0 aliphatic heterocycles. The summed E-state index contributed by atoms with van der Waals surface area (Å²) in [4.78, 5) is 0. The van der Waals surface area contributed by atoms with Crippen LogP contribution in [0.2, 0.25) is 0 Å². The van der Waals surface area contributed by atoms with Gasteiger partial charge in [-0.25, -0.2) is 0 Å². The van der Waals surface area contributed by atoms with E-state index in [1.165, 1.54) is 0 Å². The van der Waals surface area contributed by atoms with E-state index >= 15 is 0 Å². The van der Waals surface area contributed by atoms with Crippen LogP contribution in [0.15, 0.2) is 0 Å². The van der Waals surface area contributed by atoms with Gasteiger partial charge in [-0.05, 0) is 0 Å². The highest BCUT2D eigenvalue weighted by Crippen LogP contribution is 2.25. The normalized spacial score (nSPS) is 11.3. The van der Waals surface area contributed by atoms with Crippen LogP contribution in [-0.2, 0) is 0 Å². The molecule has 0 unspecified atom stereocenters. The first-order valence-corrected chi connectivity index (χ1v) is 2.42. The Hall–Kier alpha value is 0.340. The molecular weight excluding hydrogens is 160 g/mol. The van der Waals surface area contributed by atoms with Crippen LogP contribution in [0.3, 0.4) is 0 Å². The predicted octanol–water partition coefficient (Wildman–Crippen LogP) is 1.05. The molecule has 0 aromatic rings. The third-order valence-corrected chi connectivity index (χ3v) is 0.806. The lowest BCUT2D eigenvalue weighted by atomic mass is 10.8. The van der Waals surface area contributed by atoms with E-state index in [-0.39, 0.29) is 0 Å². The zero-order chi connectivity index (χ0) is 6.08. The minimum absolute atomic E-state index is 0.961. The minimum atomic E-state index is -1.94. The first-order valence-electron chi connectivity index (χ1n) is 1.29. The Morgan fingerprint density at radius 1 is 1.43 bits per heavy atom. The summed E-state index contributed by atoms with van der Waals surface area (Å²) >= 11 is 14.8. The molecule has 0 saturated carbocycles. The van der Waals surface area contributed by atoms with Crippen LogP contribution < -0.4 is 0 Å². The Labute approximate surface area is 55.5 Å². The summed E-state index contributed by atoms with van der Waals surface area (Å²) in [6.07, 6.45) is 0. The van der Waals surface area contributed by atoms with Crippen molar-refractivity contribution < 1.29 is 5.11 Å². The maximum atomic E-state index is 8.08. The predicted molar refractivity (Wildman–Crippen MR) is 32.3 cm³/mol. The fourth-order valence-corrected chi connectivity index (χ4v) is 0. The molecule has 0 aliphatic carbocycles. The van der Waals surface area contributed by atoms with Crippen molar-refractivity contribution in [2.45, 2.75) is 3.79 Å². The second-order valence-electron chi connectivity index (χ2n) is 0.846. The second kappa shape index (κ2) is 2.07. The average Bonchev–Trinajstić information content (AvgIpc) is 1.31. The molecule has 0 radical (unpaired) electrons. The van der Waals surface area contributed by atoms with Gasteiger partial charge < -0.3 is 10.5 Å². The number of rotatable bonds is 0. The Bertz CT molecular complexity index is 85.4. The highest BCUT2D eigenvalue weighted by Gasteiger charge is 2.23. The van der Waals surface area contributed by atoms with E-state index in [0.29, 0.717) is 0 Å². The number of halogens is 3. The summed E-state index contributed by atoms with van der Waals surface area (Å²) in [5.74, 6) is -0.961. The molecule has 0 rings (SSSR count). The van der Waals surface area contributed by atoms with Crippen molar-refractivity contribution in [1.82, 2.24) is 0 Å². The van der Waals surface area contributed by atoms with Crippen LogP contribution in [-0.4, -0.2) is 14.8 Å². The molecular formula is C2H2Cl3NO. The number of nitrogens with zero attached hydrogens (tertiary/aromatic N) is 1. The van der Waals surface area contributed by atoms with Crippen molar-refractivity contribution in [1.29, 1.82) is 0 Å². The minimum Gasteiger partial charge on any atom is -0.721 e. The fraction of sp³-hybridized carbons (Fsp3) is 0.500. The number of hydrogen-bond acceptors (Lipinski definition) is 0. The highest BCUT2D eigenvalue weighted by molar-refractivity contribution is 6.76. The molecule has 0 aromatic heterocycles. The molecule has 5 heteroatoms. The quantitative estimate of drug-likeness (QED) is 0.221. The zero-order valence-corrected chi connectivity index (χ0v) is 5.35. The van der Waals surface area contributed by atoms with Gasteiger partial charge in [0.05, 0.1) is 0 Å². The highest BCUT2D eigenvalue weighted by atomic mass is 35.6. The van der Waals surface area contributed by atoms with Crippen LogP contribution >= 0.6 is 34.8 Å². The van der Waals surface area contributed by atoms with E-state index in [0.717, 1.165) is 0 Å². The molecule has 0 amide bonds. The molecule has 7 heavy (non-hydrogen) atoms. The van der Waals surface area contributed by atoms with Gasteiger partial charge in [-0.15, -0.1) is 0 Å². The lowest BCUT2D eigenvalue weighted by molar-refractivity contribution is 0.551. The number of alkyl halides is 3. The SMILES string of the molecule is [N-]=C([OH2+])C(Cl)(Cl)Cl. The van der Waals surface area contributed by atoms with E-state index in [2.05, 4.69) is 0 Å². The molecule has 0 aromatic carbocycles. The van der Waals surface area contributed by atoms with Crippen LogP contribution in [0.5, 0.6) is 0 Å². The maximum absolute atomic E-state index is 8.08. The first-order chi connectivity index (χ1) is 2.94. The van der Waals surface area contributed by atoms with E-state index in [4.69, 9.17) is 45.3 Å². The van der Waals surface area contributed by atoms with Crippen LogP contribution in [0.25, 0.3) is 5.41 Å². The fourth-order valence-electron chi connectivity index (χ4n) is 0. The summed E-state index contributed by atoms with van der Waals surface area (Å²) in [5.41, 5.74) is 0. The topological polar surface area (TPSA) is 45.2 Å². The molecule has 0 atom stereocenters. The van der Waals surface area contributed by atoms with Crippen molar-refractivity contribution in [3.05, 3.63) is 5.41 Å². The summed E-state index contributed by atoms with van der Waals surface area (Å²) in [7, 11) is 0. The zero-order valence-electron chi connectivity index (χ0n) is 3.08. The van der Waals surface area contributed by atoms with Crippen LogP contribution in [0, 0.1) is 0 Å². The number of hydrogen-bond donors (Lipinski definition) is 0. The third-order valence-electron chi connectivity index (χ3n) is 0.269. The molecule has 42 valence electrons. The largest absolute Gasteiger partial charge is 0.721 e.